The maximum Gasteiger partial charge on any atom is 0.416 e. The molecule has 0 heterocycles. The van der Waals surface area contributed by atoms with E-state index in [1.807, 2.05) is 0 Å². The zero-order valence-electron chi connectivity index (χ0n) is 16.0. The van der Waals surface area contributed by atoms with Gasteiger partial charge in [-0.25, -0.2) is 0 Å². The molecule has 0 radical (unpaired) electrons. The third-order valence-electron chi connectivity index (χ3n) is 4.30. The van der Waals surface area contributed by atoms with Crippen LogP contribution in [0.3, 0.4) is 0 Å². The predicted molar refractivity (Wildman–Crippen MR) is 98.1 cm³/mol. The molecule has 0 bridgehead atoms. The second-order valence-electron chi connectivity index (χ2n) is 6.70. The number of nitro groups is 1. The molecule has 0 spiro atoms. The first-order valence-corrected chi connectivity index (χ1v) is 8.78. The van der Waals surface area contributed by atoms with Gasteiger partial charge in [0.15, 0.2) is 0 Å². The molecule has 2 aromatic rings. The molecule has 1 atom stereocenters. The molecule has 0 aliphatic rings. The van der Waals surface area contributed by atoms with Crippen molar-refractivity contribution in [3.05, 3.63) is 74.8 Å². The summed E-state index contributed by atoms with van der Waals surface area (Å²) in [5.41, 5.74) is 1.08. The van der Waals surface area contributed by atoms with E-state index in [-0.39, 0.29) is 17.3 Å². The van der Waals surface area contributed by atoms with Gasteiger partial charge in [-0.05, 0) is 23.8 Å². The monoisotopic (exact) mass is 463 g/mol. The van der Waals surface area contributed by atoms with Crippen molar-refractivity contribution in [2.45, 2.75) is 31.2 Å². The first-order chi connectivity index (χ1) is 14.7. The van der Waals surface area contributed by atoms with Crippen LogP contribution in [0, 0.1) is 10.1 Å². The standard InChI is InChI=1S/C19H15F6N3O4/c20-18(21,22)12-5-10(6-13(9-12)19(23,24)25)7-16(29)27-14(17(26)30)8-11-3-1-2-4-15(11)28(31)32/h1-6,9,14H,7-8H2,(H2,26,30)(H,27,29)/t14-/m1/s1. The summed E-state index contributed by atoms with van der Waals surface area (Å²) in [6, 6.07) is 4.46. The van der Waals surface area contributed by atoms with E-state index in [0.29, 0.717) is 12.1 Å². The molecule has 7 nitrogen and oxygen atoms in total. The van der Waals surface area contributed by atoms with Gasteiger partial charge in [-0.15, -0.1) is 0 Å². The fraction of sp³-hybridized carbons (Fsp3) is 0.263. The van der Waals surface area contributed by atoms with Gasteiger partial charge in [-0.3, -0.25) is 19.7 Å². The van der Waals surface area contributed by atoms with Crippen molar-refractivity contribution in [1.29, 1.82) is 0 Å². The molecule has 0 aliphatic carbocycles. The fourth-order valence-corrected chi connectivity index (χ4v) is 2.86. The number of hydrogen-bond acceptors (Lipinski definition) is 4. The number of benzene rings is 2. The third-order valence-corrected chi connectivity index (χ3v) is 4.30. The number of halogens is 6. The number of rotatable bonds is 7. The molecule has 2 rings (SSSR count). The SMILES string of the molecule is NC(=O)[C@@H](Cc1ccccc1[N+](=O)[O-])NC(=O)Cc1cc(C(F)(F)F)cc(C(F)(F)F)c1. The minimum Gasteiger partial charge on any atom is -0.368 e. The number of alkyl halides is 6. The van der Waals surface area contributed by atoms with E-state index in [9.17, 15) is 46.0 Å². The van der Waals surface area contributed by atoms with Crippen LogP contribution in [-0.4, -0.2) is 22.8 Å². The number of nitrogens with one attached hydrogen (secondary N) is 1. The second-order valence-corrected chi connectivity index (χ2v) is 6.70. The quantitative estimate of drug-likeness (QED) is 0.372. The molecule has 32 heavy (non-hydrogen) atoms. The molecule has 0 aromatic heterocycles. The number of para-hydroxylation sites is 1. The van der Waals surface area contributed by atoms with Gasteiger partial charge in [0.25, 0.3) is 5.69 Å². The van der Waals surface area contributed by atoms with E-state index in [4.69, 9.17) is 5.73 Å². The molecule has 172 valence electrons. The van der Waals surface area contributed by atoms with Gasteiger partial charge in [0.1, 0.15) is 6.04 Å². The van der Waals surface area contributed by atoms with Crippen molar-refractivity contribution in [3.63, 3.8) is 0 Å². The topological polar surface area (TPSA) is 115 Å². The zero-order valence-corrected chi connectivity index (χ0v) is 16.0. The van der Waals surface area contributed by atoms with Crippen LogP contribution in [0.15, 0.2) is 42.5 Å². The van der Waals surface area contributed by atoms with E-state index >= 15 is 0 Å². The summed E-state index contributed by atoms with van der Waals surface area (Å²) in [6.45, 7) is 0. The Balaban J connectivity index is 2.26. The lowest BCUT2D eigenvalue weighted by Gasteiger charge is -2.17. The van der Waals surface area contributed by atoms with Crippen LogP contribution in [0.2, 0.25) is 0 Å². The van der Waals surface area contributed by atoms with Crippen LogP contribution >= 0.6 is 0 Å². The molecule has 13 heteroatoms. The summed E-state index contributed by atoms with van der Waals surface area (Å²) in [4.78, 5) is 34.3. The Bertz CT molecular complexity index is 1000. The van der Waals surface area contributed by atoms with Crippen LogP contribution in [0.4, 0.5) is 32.0 Å². The Hall–Kier alpha value is -3.64. The van der Waals surface area contributed by atoms with Crippen molar-refractivity contribution in [3.8, 4) is 0 Å². The highest BCUT2D eigenvalue weighted by molar-refractivity contribution is 5.87. The number of carbonyl (C=O) groups is 2. The third kappa shape index (κ3) is 6.43. The molecule has 2 amide bonds. The maximum absolute atomic E-state index is 13.0. The van der Waals surface area contributed by atoms with Crippen LogP contribution in [0.1, 0.15) is 22.3 Å². The predicted octanol–water partition coefficient (Wildman–Crippen LogP) is 3.39. The van der Waals surface area contributed by atoms with Crippen LogP contribution in [-0.2, 0) is 34.8 Å². The van der Waals surface area contributed by atoms with Crippen molar-refractivity contribution in [2.75, 3.05) is 0 Å². The number of carbonyl (C=O) groups excluding carboxylic acids is 2. The Morgan fingerprint density at radius 2 is 1.53 bits per heavy atom. The van der Waals surface area contributed by atoms with Gasteiger partial charge in [-0.1, -0.05) is 18.2 Å². The summed E-state index contributed by atoms with van der Waals surface area (Å²) >= 11 is 0. The van der Waals surface area contributed by atoms with E-state index in [0.717, 1.165) is 6.07 Å². The molecule has 2 aromatic carbocycles. The molecule has 0 unspecified atom stereocenters. The lowest BCUT2D eigenvalue weighted by Crippen LogP contribution is -2.46. The average Bonchev–Trinajstić information content (AvgIpc) is 2.66. The highest BCUT2D eigenvalue weighted by Gasteiger charge is 2.37. The summed E-state index contributed by atoms with van der Waals surface area (Å²) < 4.78 is 77.7. The van der Waals surface area contributed by atoms with Gasteiger partial charge in [0.05, 0.1) is 22.5 Å². The number of nitro benzene ring substituents is 1. The molecule has 3 N–H and O–H groups in total. The van der Waals surface area contributed by atoms with Crippen LogP contribution in [0.5, 0.6) is 0 Å². The molecule has 0 saturated heterocycles. The fourth-order valence-electron chi connectivity index (χ4n) is 2.86. The van der Waals surface area contributed by atoms with Gasteiger partial charge in [-0.2, -0.15) is 26.3 Å². The number of nitrogens with zero attached hydrogens (tertiary/aromatic N) is 1. The number of hydrogen-bond donors (Lipinski definition) is 2. The Labute approximate surface area is 176 Å². The lowest BCUT2D eigenvalue weighted by molar-refractivity contribution is -0.385. The smallest absolute Gasteiger partial charge is 0.368 e. The maximum atomic E-state index is 13.0. The number of primary amides is 1. The zero-order chi connectivity index (χ0) is 24.3. The number of nitrogens with two attached hydrogens (primary N) is 1. The van der Waals surface area contributed by atoms with Crippen molar-refractivity contribution >= 4 is 17.5 Å². The van der Waals surface area contributed by atoms with Gasteiger partial charge >= 0.3 is 12.4 Å². The first kappa shape index (κ1) is 24.6. The van der Waals surface area contributed by atoms with Gasteiger partial charge < -0.3 is 11.1 Å². The van der Waals surface area contributed by atoms with Crippen molar-refractivity contribution in [1.82, 2.24) is 5.32 Å². The minimum absolute atomic E-state index is 0.0417. The average molecular weight is 463 g/mol. The molecular formula is C19H15F6N3O4. The van der Waals surface area contributed by atoms with Crippen molar-refractivity contribution < 1.29 is 40.9 Å². The van der Waals surface area contributed by atoms with Crippen LogP contribution in [0.25, 0.3) is 0 Å². The van der Waals surface area contributed by atoms with E-state index in [1.165, 1.54) is 18.2 Å². The normalized spacial score (nSPS) is 12.8. The molecule has 0 saturated carbocycles. The van der Waals surface area contributed by atoms with Gasteiger partial charge in [0, 0.05) is 18.1 Å². The Morgan fingerprint density at radius 3 is 2.00 bits per heavy atom. The Morgan fingerprint density at radius 1 is 1.00 bits per heavy atom. The first-order valence-electron chi connectivity index (χ1n) is 8.78. The Kier molecular flexibility index (Phi) is 7.11. The molecular weight excluding hydrogens is 448 g/mol. The number of amides is 2. The molecule has 0 fully saturated rings. The summed E-state index contributed by atoms with van der Waals surface area (Å²) in [5.74, 6) is -2.20. The summed E-state index contributed by atoms with van der Waals surface area (Å²) in [5, 5.41) is 13.2. The highest BCUT2D eigenvalue weighted by atomic mass is 19.4. The van der Waals surface area contributed by atoms with E-state index in [2.05, 4.69) is 5.32 Å². The molecule has 0 aliphatic heterocycles. The van der Waals surface area contributed by atoms with E-state index in [1.54, 1.807) is 0 Å². The van der Waals surface area contributed by atoms with E-state index < -0.39 is 64.7 Å². The second kappa shape index (κ2) is 9.24. The summed E-state index contributed by atoms with van der Waals surface area (Å²) in [7, 11) is 0. The minimum atomic E-state index is -5.09. The highest BCUT2D eigenvalue weighted by Crippen LogP contribution is 2.36. The van der Waals surface area contributed by atoms with Gasteiger partial charge in [0.2, 0.25) is 11.8 Å². The summed E-state index contributed by atoms with van der Waals surface area (Å²) in [6.07, 6.45) is -11.5. The lowest BCUT2D eigenvalue weighted by atomic mass is 10.0. The van der Waals surface area contributed by atoms with Crippen molar-refractivity contribution in [2.24, 2.45) is 5.73 Å². The van der Waals surface area contributed by atoms with Crippen LogP contribution < -0.4 is 11.1 Å². The largest absolute Gasteiger partial charge is 0.416 e.